The Bertz CT molecular complexity index is 1010. The first kappa shape index (κ1) is 20.6. The van der Waals surface area contributed by atoms with Crippen LogP contribution in [0, 0.1) is 10.7 Å². The molecule has 0 fully saturated rings. The van der Waals surface area contributed by atoms with Crippen molar-refractivity contribution in [3.63, 3.8) is 0 Å². The van der Waals surface area contributed by atoms with E-state index in [0.29, 0.717) is 45.3 Å². The molecule has 0 aliphatic rings. The number of H-pyrrole nitrogens is 1. The maximum Gasteiger partial charge on any atom is 0.216 e. The molecule has 0 aliphatic heterocycles. The van der Waals surface area contributed by atoms with Gasteiger partial charge in [-0.3, -0.25) is 5.10 Å². The molecule has 1 aromatic heterocycles. The third-order valence-corrected chi connectivity index (χ3v) is 4.65. The fourth-order valence-electron chi connectivity index (χ4n) is 2.50. The minimum atomic E-state index is 0.374. The first-order chi connectivity index (χ1) is 13.4. The summed E-state index contributed by atoms with van der Waals surface area (Å²) in [5, 5.41) is 12.4. The van der Waals surface area contributed by atoms with Gasteiger partial charge in [-0.1, -0.05) is 67.4 Å². The van der Waals surface area contributed by atoms with E-state index in [-0.39, 0.29) is 0 Å². The number of aromatic nitrogens is 3. The van der Waals surface area contributed by atoms with Gasteiger partial charge in [0.2, 0.25) is 4.77 Å². The SMILES string of the molecule is CC(C)COc1c(Cl)cc(/C=N\n2c(Cc3ccccc3)n[nH]c2=S)cc1Cl. The Morgan fingerprint density at radius 3 is 2.54 bits per heavy atom. The molecular weight excluding hydrogens is 415 g/mol. The van der Waals surface area contributed by atoms with E-state index in [0.717, 1.165) is 11.1 Å². The zero-order valence-corrected chi connectivity index (χ0v) is 17.9. The van der Waals surface area contributed by atoms with Gasteiger partial charge in [0.1, 0.15) is 0 Å². The summed E-state index contributed by atoms with van der Waals surface area (Å²) in [5.41, 5.74) is 1.85. The predicted molar refractivity (Wildman–Crippen MR) is 116 cm³/mol. The van der Waals surface area contributed by atoms with Crippen LogP contribution in [-0.2, 0) is 6.42 Å². The number of aromatic amines is 1. The minimum Gasteiger partial charge on any atom is -0.490 e. The molecule has 0 atom stereocenters. The Labute approximate surface area is 179 Å². The van der Waals surface area contributed by atoms with E-state index in [1.165, 1.54) is 0 Å². The highest BCUT2D eigenvalue weighted by Crippen LogP contribution is 2.34. The normalized spacial score (nSPS) is 11.5. The number of benzene rings is 2. The maximum absolute atomic E-state index is 6.33. The lowest BCUT2D eigenvalue weighted by Crippen LogP contribution is -2.05. The Morgan fingerprint density at radius 2 is 1.89 bits per heavy atom. The van der Waals surface area contributed by atoms with E-state index in [1.807, 2.05) is 30.3 Å². The van der Waals surface area contributed by atoms with Crippen LogP contribution in [0.1, 0.15) is 30.8 Å². The first-order valence-electron chi connectivity index (χ1n) is 8.80. The Hall–Kier alpha value is -2.15. The molecule has 146 valence electrons. The quantitative estimate of drug-likeness (QED) is 0.380. The van der Waals surface area contributed by atoms with E-state index in [4.69, 9.17) is 40.2 Å². The van der Waals surface area contributed by atoms with Crippen molar-refractivity contribution in [2.24, 2.45) is 11.0 Å². The monoisotopic (exact) mass is 434 g/mol. The Balaban J connectivity index is 1.83. The second-order valence-corrected chi connectivity index (χ2v) is 7.88. The van der Waals surface area contributed by atoms with Crippen LogP contribution in [-0.4, -0.2) is 27.7 Å². The number of hydrogen-bond acceptors (Lipinski definition) is 4. The van der Waals surface area contributed by atoms with Crippen LogP contribution < -0.4 is 4.74 Å². The highest BCUT2D eigenvalue weighted by molar-refractivity contribution is 7.71. The van der Waals surface area contributed by atoms with Crippen molar-refractivity contribution in [2.75, 3.05) is 6.61 Å². The van der Waals surface area contributed by atoms with Gasteiger partial charge in [-0.2, -0.15) is 14.9 Å². The maximum atomic E-state index is 6.33. The van der Waals surface area contributed by atoms with Gasteiger partial charge in [-0.15, -0.1) is 0 Å². The molecule has 3 rings (SSSR count). The molecule has 0 saturated heterocycles. The van der Waals surface area contributed by atoms with E-state index < -0.39 is 0 Å². The van der Waals surface area contributed by atoms with Crippen molar-refractivity contribution in [2.45, 2.75) is 20.3 Å². The summed E-state index contributed by atoms with van der Waals surface area (Å²) in [4.78, 5) is 0. The van der Waals surface area contributed by atoms with Crippen LogP contribution >= 0.6 is 35.4 Å². The average molecular weight is 435 g/mol. The third-order valence-electron chi connectivity index (χ3n) is 3.83. The van der Waals surface area contributed by atoms with Crippen molar-refractivity contribution in [1.82, 2.24) is 14.9 Å². The van der Waals surface area contributed by atoms with Gasteiger partial charge in [0.25, 0.3) is 0 Å². The molecule has 2 aromatic carbocycles. The lowest BCUT2D eigenvalue weighted by molar-refractivity contribution is 0.271. The molecule has 0 spiro atoms. The smallest absolute Gasteiger partial charge is 0.216 e. The molecule has 1 heterocycles. The van der Waals surface area contributed by atoms with Crippen molar-refractivity contribution < 1.29 is 4.74 Å². The summed E-state index contributed by atoms with van der Waals surface area (Å²) in [7, 11) is 0. The fourth-order valence-corrected chi connectivity index (χ4v) is 3.31. The number of halogens is 2. The van der Waals surface area contributed by atoms with Crippen molar-refractivity contribution >= 4 is 41.6 Å². The van der Waals surface area contributed by atoms with Gasteiger partial charge in [0.15, 0.2) is 11.6 Å². The molecule has 0 bridgehead atoms. The molecule has 3 aromatic rings. The van der Waals surface area contributed by atoms with Gasteiger partial charge in [-0.25, -0.2) is 0 Å². The number of nitrogens with one attached hydrogen (secondary N) is 1. The van der Waals surface area contributed by atoms with E-state index in [2.05, 4.69) is 29.1 Å². The number of ether oxygens (including phenoxy) is 1. The molecular formula is C20H20Cl2N4OS. The number of rotatable bonds is 7. The lowest BCUT2D eigenvalue weighted by atomic mass is 10.1. The molecule has 8 heteroatoms. The summed E-state index contributed by atoms with van der Waals surface area (Å²) in [6, 6.07) is 13.5. The van der Waals surface area contributed by atoms with Crippen LogP contribution in [0.4, 0.5) is 0 Å². The molecule has 0 radical (unpaired) electrons. The minimum absolute atomic E-state index is 0.374. The van der Waals surface area contributed by atoms with Crippen molar-refractivity contribution in [1.29, 1.82) is 0 Å². The molecule has 0 amide bonds. The van der Waals surface area contributed by atoms with E-state index >= 15 is 0 Å². The Kier molecular flexibility index (Phi) is 6.88. The van der Waals surface area contributed by atoms with Crippen molar-refractivity contribution in [3.8, 4) is 5.75 Å². The Morgan fingerprint density at radius 1 is 1.21 bits per heavy atom. The van der Waals surface area contributed by atoms with Crippen molar-refractivity contribution in [3.05, 3.63) is 74.2 Å². The standard InChI is InChI=1S/C20H20Cl2N4OS/c1-13(2)12-27-19-16(21)8-15(9-17(19)22)11-23-26-18(24-25-20(26)28)10-14-6-4-3-5-7-14/h3-9,11,13H,10,12H2,1-2H3,(H,25,28)/b23-11-. The predicted octanol–water partition coefficient (Wildman–Crippen LogP) is 5.76. The van der Waals surface area contributed by atoms with Crippen LogP contribution in [0.5, 0.6) is 5.75 Å². The molecule has 0 unspecified atom stereocenters. The van der Waals surface area contributed by atoms with Crippen LogP contribution in [0.2, 0.25) is 10.0 Å². The second kappa shape index (κ2) is 9.37. The van der Waals surface area contributed by atoms with Gasteiger partial charge >= 0.3 is 0 Å². The molecule has 0 aliphatic carbocycles. The topological polar surface area (TPSA) is 55.2 Å². The number of hydrogen-bond donors (Lipinski definition) is 1. The van der Waals surface area contributed by atoms with E-state index in [1.54, 1.807) is 23.0 Å². The fraction of sp³-hybridized carbons (Fsp3) is 0.250. The molecule has 5 nitrogen and oxygen atoms in total. The van der Waals surface area contributed by atoms with Crippen LogP contribution in [0.25, 0.3) is 0 Å². The lowest BCUT2D eigenvalue weighted by Gasteiger charge is -2.12. The van der Waals surface area contributed by atoms with Gasteiger partial charge in [0, 0.05) is 6.42 Å². The zero-order valence-electron chi connectivity index (χ0n) is 15.5. The zero-order chi connectivity index (χ0) is 20.1. The van der Waals surface area contributed by atoms with Crippen LogP contribution in [0.15, 0.2) is 47.6 Å². The summed E-state index contributed by atoms with van der Waals surface area (Å²) < 4.78 is 7.70. The summed E-state index contributed by atoms with van der Waals surface area (Å²) >= 11 is 18.0. The molecule has 0 saturated carbocycles. The first-order valence-corrected chi connectivity index (χ1v) is 9.97. The summed E-state index contributed by atoms with van der Waals surface area (Å²) in [5.74, 6) is 1.57. The van der Waals surface area contributed by atoms with E-state index in [9.17, 15) is 0 Å². The largest absolute Gasteiger partial charge is 0.490 e. The second-order valence-electron chi connectivity index (χ2n) is 6.68. The molecule has 28 heavy (non-hydrogen) atoms. The van der Waals surface area contributed by atoms with Crippen LogP contribution in [0.3, 0.4) is 0 Å². The third kappa shape index (κ3) is 5.22. The molecule has 1 N–H and O–H groups in total. The average Bonchev–Trinajstić information content (AvgIpc) is 2.99. The van der Waals surface area contributed by atoms with Gasteiger partial charge < -0.3 is 4.74 Å². The van der Waals surface area contributed by atoms with Gasteiger partial charge in [0.05, 0.1) is 22.9 Å². The highest BCUT2D eigenvalue weighted by Gasteiger charge is 2.11. The summed E-state index contributed by atoms with van der Waals surface area (Å²) in [6.07, 6.45) is 2.25. The van der Waals surface area contributed by atoms with Gasteiger partial charge in [-0.05, 0) is 41.4 Å². The highest BCUT2D eigenvalue weighted by atomic mass is 35.5. The number of nitrogens with zero attached hydrogens (tertiary/aromatic N) is 3. The summed E-state index contributed by atoms with van der Waals surface area (Å²) in [6.45, 7) is 4.66.